The van der Waals surface area contributed by atoms with Crippen molar-refractivity contribution in [3.05, 3.63) is 35.9 Å². The van der Waals surface area contributed by atoms with Gasteiger partial charge in [-0.2, -0.15) is 0 Å². The Morgan fingerprint density at radius 3 is 2.58 bits per heavy atom. The molecule has 0 atom stereocenters. The summed E-state index contributed by atoms with van der Waals surface area (Å²) in [4.78, 5) is 10.8. The van der Waals surface area contributed by atoms with Crippen LogP contribution in [0.1, 0.15) is 5.56 Å². The lowest BCUT2D eigenvalue weighted by atomic mass is 10.2. The van der Waals surface area contributed by atoms with E-state index in [4.69, 9.17) is 5.11 Å². The second-order valence-corrected chi connectivity index (χ2v) is 2.31. The van der Waals surface area contributed by atoms with Crippen molar-refractivity contribution in [2.24, 2.45) is 0 Å². The highest BCUT2D eigenvalue weighted by atomic mass is 16.6. The molecule has 1 rings (SSSR count). The van der Waals surface area contributed by atoms with Crippen molar-refractivity contribution in [3.8, 4) is 0 Å². The van der Waals surface area contributed by atoms with E-state index in [0.717, 1.165) is 5.56 Å². The minimum atomic E-state index is -0.550. The maximum atomic E-state index is 10.8. The number of esters is 1. The van der Waals surface area contributed by atoms with Crippen molar-refractivity contribution in [2.45, 2.75) is 6.42 Å². The number of ether oxygens (including phenoxy) is 1. The van der Waals surface area contributed by atoms with Crippen LogP contribution in [0, 0.1) is 0 Å². The Morgan fingerprint density at radius 1 is 1.33 bits per heavy atom. The maximum Gasteiger partial charge on any atom is 0.312 e. The van der Waals surface area contributed by atoms with Gasteiger partial charge in [-0.05, 0) is 5.56 Å². The minimum absolute atomic E-state index is 0.210. The number of benzene rings is 1. The molecule has 0 aliphatic carbocycles. The monoisotopic (exact) mass is 166 g/mol. The molecular weight excluding hydrogens is 156 g/mol. The van der Waals surface area contributed by atoms with Crippen LogP contribution in [0.15, 0.2) is 30.3 Å². The number of carbonyl (C=O) groups excluding carboxylic acids is 1. The molecule has 0 aliphatic rings. The molecule has 0 heterocycles. The number of hydrogen-bond acceptors (Lipinski definition) is 3. The van der Waals surface area contributed by atoms with Gasteiger partial charge in [0.25, 0.3) is 0 Å². The van der Waals surface area contributed by atoms with E-state index in [-0.39, 0.29) is 6.42 Å². The summed E-state index contributed by atoms with van der Waals surface area (Å²) in [5.41, 5.74) is 0.885. The minimum Gasteiger partial charge on any atom is -0.438 e. The molecule has 0 aliphatic heterocycles. The third-order valence-electron chi connectivity index (χ3n) is 1.42. The number of aliphatic hydroxyl groups is 1. The molecule has 0 aromatic heterocycles. The second kappa shape index (κ2) is 4.51. The van der Waals surface area contributed by atoms with Gasteiger partial charge < -0.3 is 9.84 Å². The van der Waals surface area contributed by atoms with Crippen LogP contribution in [0.3, 0.4) is 0 Å². The molecule has 0 bridgehead atoms. The van der Waals surface area contributed by atoms with Crippen molar-refractivity contribution >= 4 is 5.97 Å². The van der Waals surface area contributed by atoms with Crippen molar-refractivity contribution in [2.75, 3.05) is 6.79 Å². The Labute approximate surface area is 70.6 Å². The van der Waals surface area contributed by atoms with Gasteiger partial charge in [-0.3, -0.25) is 4.79 Å². The van der Waals surface area contributed by atoms with Crippen LogP contribution in [0.5, 0.6) is 0 Å². The Bertz CT molecular complexity index is 243. The predicted octanol–water partition coefficient (Wildman–Crippen LogP) is 0.722. The van der Waals surface area contributed by atoms with Crippen LogP contribution in [0.25, 0.3) is 0 Å². The summed E-state index contributed by atoms with van der Waals surface area (Å²) >= 11 is 0. The molecule has 0 amide bonds. The van der Waals surface area contributed by atoms with E-state index in [2.05, 4.69) is 4.74 Å². The zero-order chi connectivity index (χ0) is 8.81. The van der Waals surface area contributed by atoms with Gasteiger partial charge in [-0.15, -0.1) is 0 Å². The topological polar surface area (TPSA) is 46.5 Å². The van der Waals surface area contributed by atoms with Gasteiger partial charge >= 0.3 is 5.97 Å². The third kappa shape index (κ3) is 2.72. The number of hydrogen-bond donors (Lipinski definition) is 1. The first-order valence-corrected chi connectivity index (χ1v) is 3.63. The van der Waals surface area contributed by atoms with Gasteiger partial charge in [-0.25, -0.2) is 0 Å². The first kappa shape index (κ1) is 8.74. The molecule has 3 nitrogen and oxygen atoms in total. The second-order valence-electron chi connectivity index (χ2n) is 2.31. The molecule has 64 valence electrons. The lowest BCUT2D eigenvalue weighted by Crippen LogP contribution is -2.08. The first-order chi connectivity index (χ1) is 5.83. The van der Waals surface area contributed by atoms with Gasteiger partial charge in [-0.1, -0.05) is 30.3 Å². The summed E-state index contributed by atoms with van der Waals surface area (Å²) in [6.45, 7) is -0.550. The summed E-state index contributed by atoms with van der Waals surface area (Å²) in [6, 6.07) is 9.24. The van der Waals surface area contributed by atoms with Crippen molar-refractivity contribution in [1.29, 1.82) is 0 Å². The number of rotatable bonds is 3. The molecule has 1 aromatic rings. The highest BCUT2D eigenvalue weighted by molar-refractivity contribution is 5.72. The van der Waals surface area contributed by atoms with Crippen molar-refractivity contribution in [3.63, 3.8) is 0 Å². The summed E-state index contributed by atoms with van der Waals surface area (Å²) in [7, 11) is 0. The molecule has 3 heteroatoms. The van der Waals surface area contributed by atoms with Gasteiger partial charge in [0, 0.05) is 0 Å². The lowest BCUT2D eigenvalue weighted by Gasteiger charge is -1.99. The van der Waals surface area contributed by atoms with Crippen molar-refractivity contribution < 1.29 is 14.6 Å². The Balaban J connectivity index is 2.47. The lowest BCUT2D eigenvalue weighted by molar-refractivity contribution is -0.150. The van der Waals surface area contributed by atoms with E-state index >= 15 is 0 Å². The quantitative estimate of drug-likeness (QED) is 0.531. The van der Waals surface area contributed by atoms with Crippen LogP contribution >= 0.6 is 0 Å². The van der Waals surface area contributed by atoms with Gasteiger partial charge in [0.15, 0.2) is 6.79 Å². The highest BCUT2D eigenvalue weighted by Gasteiger charge is 2.01. The highest BCUT2D eigenvalue weighted by Crippen LogP contribution is 2.00. The zero-order valence-electron chi connectivity index (χ0n) is 6.56. The van der Waals surface area contributed by atoms with E-state index < -0.39 is 12.8 Å². The molecule has 0 spiro atoms. The van der Waals surface area contributed by atoms with E-state index in [1.165, 1.54) is 0 Å². The molecular formula is C9H10O3. The number of carbonyl (C=O) groups is 1. The SMILES string of the molecule is O=C(Cc1ccccc1)OCO. The van der Waals surface area contributed by atoms with Crippen LogP contribution in [-0.4, -0.2) is 17.9 Å². The van der Waals surface area contributed by atoms with Crippen LogP contribution < -0.4 is 0 Å². The van der Waals surface area contributed by atoms with E-state index in [9.17, 15) is 4.79 Å². The van der Waals surface area contributed by atoms with Crippen LogP contribution in [0.4, 0.5) is 0 Å². The fourth-order valence-electron chi connectivity index (χ4n) is 0.886. The van der Waals surface area contributed by atoms with Crippen molar-refractivity contribution in [1.82, 2.24) is 0 Å². The average molecular weight is 166 g/mol. The first-order valence-electron chi connectivity index (χ1n) is 3.63. The normalized spacial score (nSPS) is 9.42. The molecule has 1 aromatic carbocycles. The fraction of sp³-hybridized carbons (Fsp3) is 0.222. The van der Waals surface area contributed by atoms with E-state index in [1.54, 1.807) is 0 Å². The molecule has 0 saturated heterocycles. The van der Waals surface area contributed by atoms with Gasteiger partial charge in [0.1, 0.15) is 0 Å². The summed E-state index contributed by atoms with van der Waals surface area (Å²) in [5.74, 6) is -0.413. The Kier molecular flexibility index (Phi) is 3.29. The van der Waals surface area contributed by atoms with Crippen LogP contribution in [-0.2, 0) is 16.0 Å². The third-order valence-corrected chi connectivity index (χ3v) is 1.42. The number of aliphatic hydroxyl groups excluding tert-OH is 1. The van der Waals surface area contributed by atoms with Crippen LogP contribution in [0.2, 0.25) is 0 Å². The fourth-order valence-corrected chi connectivity index (χ4v) is 0.886. The molecule has 0 fully saturated rings. The Hall–Kier alpha value is -1.35. The maximum absolute atomic E-state index is 10.8. The van der Waals surface area contributed by atoms with E-state index in [0.29, 0.717) is 0 Å². The van der Waals surface area contributed by atoms with Gasteiger partial charge in [0.05, 0.1) is 6.42 Å². The van der Waals surface area contributed by atoms with Gasteiger partial charge in [0.2, 0.25) is 0 Å². The van der Waals surface area contributed by atoms with E-state index in [1.807, 2.05) is 30.3 Å². The molecule has 0 unspecified atom stereocenters. The Morgan fingerprint density at radius 2 is 2.00 bits per heavy atom. The largest absolute Gasteiger partial charge is 0.438 e. The zero-order valence-corrected chi connectivity index (χ0v) is 6.56. The average Bonchev–Trinajstić information content (AvgIpc) is 2.06. The summed E-state index contributed by atoms with van der Waals surface area (Å²) in [5, 5.41) is 8.27. The summed E-state index contributed by atoms with van der Waals surface area (Å²) < 4.78 is 4.36. The molecule has 12 heavy (non-hydrogen) atoms. The smallest absolute Gasteiger partial charge is 0.312 e. The molecule has 0 radical (unpaired) electrons. The standard InChI is InChI=1S/C9H10O3/c10-7-12-9(11)6-8-4-2-1-3-5-8/h1-5,10H,6-7H2. The predicted molar refractivity (Wildman–Crippen MR) is 43.3 cm³/mol. The summed E-state index contributed by atoms with van der Waals surface area (Å²) in [6.07, 6.45) is 0.210. The molecule has 1 N–H and O–H groups in total. The molecule has 0 saturated carbocycles.